The average Bonchev–Trinajstić information content (AvgIpc) is 3.37. The van der Waals surface area contributed by atoms with E-state index in [-0.39, 0.29) is 17.9 Å². The summed E-state index contributed by atoms with van der Waals surface area (Å²) in [4.78, 5) is 32.9. The molecule has 2 amide bonds. The molecular weight excluding hydrogens is 484 g/mol. The topological polar surface area (TPSA) is 65.1 Å². The molecular formula is C25H37BrN4O3. The van der Waals surface area contributed by atoms with Gasteiger partial charge in [0.05, 0.1) is 19.3 Å². The van der Waals surface area contributed by atoms with E-state index in [1.807, 2.05) is 29.2 Å². The number of benzene rings is 1. The van der Waals surface area contributed by atoms with E-state index in [4.69, 9.17) is 4.74 Å². The van der Waals surface area contributed by atoms with Crippen molar-refractivity contribution in [3.05, 3.63) is 34.3 Å². The number of hydrogen-bond donors (Lipinski definition) is 1. The average molecular weight is 522 g/mol. The van der Waals surface area contributed by atoms with E-state index in [9.17, 15) is 9.59 Å². The fourth-order valence-electron chi connectivity index (χ4n) is 5.40. The summed E-state index contributed by atoms with van der Waals surface area (Å²) in [5.41, 5.74) is 0.711. The van der Waals surface area contributed by atoms with Crippen molar-refractivity contribution in [2.24, 2.45) is 5.92 Å². The van der Waals surface area contributed by atoms with E-state index in [2.05, 4.69) is 31.0 Å². The van der Waals surface area contributed by atoms with Gasteiger partial charge in [0.2, 0.25) is 5.91 Å². The zero-order valence-electron chi connectivity index (χ0n) is 19.5. The van der Waals surface area contributed by atoms with Crippen LogP contribution in [0, 0.1) is 5.92 Å². The molecule has 0 aromatic heterocycles. The highest BCUT2D eigenvalue weighted by Crippen LogP contribution is 2.31. The van der Waals surface area contributed by atoms with Gasteiger partial charge in [-0.3, -0.25) is 19.4 Å². The lowest BCUT2D eigenvalue weighted by Crippen LogP contribution is -2.58. The first-order chi connectivity index (χ1) is 16.1. The van der Waals surface area contributed by atoms with Gasteiger partial charge in [0.25, 0.3) is 5.91 Å². The molecule has 1 saturated carbocycles. The summed E-state index contributed by atoms with van der Waals surface area (Å²) < 4.78 is 6.32. The number of amides is 2. The van der Waals surface area contributed by atoms with Crippen LogP contribution in [0.5, 0.6) is 0 Å². The van der Waals surface area contributed by atoms with Crippen LogP contribution in [0.3, 0.4) is 0 Å². The summed E-state index contributed by atoms with van der Waals surface area (Å²) in [6.07, 6.45) is 5.66. The van der Waals surface area contributed by atoms with Gasteiger partial charge in [-0.05, 0) is 49.9 Å². The number of ether oxygens (including phenoxy) is 1. The molecule has 3 aliphatic rings. The van der Waals surface area contributed by atoms with Crippen molar-refractivity contribution in [3.8, 4) is 0 Å². The SMILES string of the molecule is O=C(NCCCN1CCOCC1)[C@H](C1CCCC1)N1CCN(C(=O)c2cccc(Br)c2)CC1. The molecule has 0 unspecified atom stereocenters. The minimum absolute atomic E-state index is 0.0703. The van der Waals surface area contributed by atoms with Crippen molar-refractivity contribution in [2.75, 3.05) is 65.6 Å². The molecule has 8 heteroatoms. The molecule has 33 heavy (non-hydrogen) atoms. The van der Waals surface area contributed by atoms with E-state index in [1.165, 1.54) is 12.8 Å². The normalized spacial score (nSPS) is 21.8. The molecule has 2 saturated heterocycles. The molecule has 4 rings (SSSR count). The molecule has 1 N–H and O–H groups in total. The Balaban J connectivity index is 1.28. The molecule has 182 valence electrons. The molecule has 1 aliphatic carbocycles. The molecule has 7 nitrogen and oxygen atoms in total. The zero-order valence-corrected chi connectivity index (χ0v) is 21.1. The second kappa shape index (κ2) is 12.3. The highest BCUT2D eigenvalue weighted by molar-refractivity contribution is 9.10. The van der Waals surface area contributed by atoms with E-state index in [0.717, 1.165) is 76.2 Å². The zero-order chi connectivity index (χ0) is 23.0. The van der Waals surface area contributed by atoms with E-state index in [0.29, 0.717) is 24.6 Å². The number of hydrogen-bond acceptors (Lipinski definition) is 5. The van der Waals surface area contributed by atoms with Crippen molar-refractivity contribution in [1.82, 2.24) is 20.0 Å². The number of rotatable bonds is 8. The van der Waals surface area contributed by atoms with Crippen molar-refractivity contribution in [3.63, 3.8) is 0 Å². The summed E-state index contributed by atoms with van der Waals surface area (Å²) >= 11 is 3.45. The molecule has 1 aromatic rings. The van der Waals surface area contributed by atoms with Crippen LogP contribution in [0.25, 0.3) is 0 Å². The Bertz CT molecular complexity index is 788. The number of piperazine rings is 1. The van der Waals surface area contributed by atoms with Crippen molar-refractivity contribution >= 4 is 27.7 Å². The third kappa shape index (κ3) is 6.78. The van der Waals surface area contributed by atoms with Crippen LogP contribution >= 0.6 is 15.9 Å². The van der Waals surface area contributed by atoms with Gasteiger partial charge in [0, 0.05) is 55.8 Å². The monoisotopic (exact) mass is 520 g/mol. The first-order valence-electron chi connectivity index (χ1n) is 12.5. The summed E-state index contributed by atoms with van der Waals surface area (Å²) in [7, 11) is 0. The van der Waals surface area contributed by atoms with E-state index < -0.39 is 0 Å². The highest BCUT2D eigenvalue weighted by Gasteiger charge is 2.37. The summed E-state index contributed by atoms with van der Waals surface area (Å²) in [6.45, 7) is 8.16. The minimum atomic E-state index is -0.0704. The third-order valence-electron chi connectivity index (χ3n) is 7.24. The highest BCUT2D eigenvalue weighted by atomic mass is 79.9. The largest absolute Gasteiger partial charge is 0.379 e. The Kier molecular flexibility index (Phi) is 9.18. The summed E-state index contributed by atoms with van der Waals surface area (Å²) in [5.74, 6) is 0.674. The van der Waals surface area contributed by atoms with Gasteiger partial charge in [-0.25, -0.2) is 0 Å². The summed E-state index contributed by atoms with van der Waals surface area (Å²) in [6, 6.07) is 7.50. The molecule has 2 heterocycles. The van der Waals surface area contributed by atoms with Crippen LogP contribution in [0.4, 0.5) is 0 Å². The Morgan fingerprint density at radius 1 is 1.06 bits per heavy atom. The Morgan fingerprint density at radius 2 is 1.79 bits per heavy atom. The molecule has 0 radical (unpaired) electrons. The predicted octanol–water partition coefficient (Wildman–Crippen LogP) is 2.60. The van der Waals surface area contributed by atoms with Gasteiger partial charge in [0.1, 0.15) is 0 Å². The minimum Gasteiger partial charge on any atom is -0.379 e. The smallest absolute Gasteiger partial charge is 0.253 e. The van der Waals surface area contributed by atoms with Crippen LogP contribution in [-0.4, -0.2) is 98.1 Å². The Morgan fingerprint density at radius 3 is 2.48 bits per heavy atom. The number of nitrogens with one attached hydrogen (secondary N) is 1. The van der Waals surface area contributed by atoms with Gasteiger partial charge < -0.3 is 15.0 Å². The number of morpholine rings is 1. The molecule has 0 spiro atoms. The van der Waals surface area contributed by atoms with E-state index in [1.54, 1.807) is 0 Å². The fraction of sp³-hybridized carbons (Fsp3) is 0.680. The maximum atomic E-state index is 13.3. The van der Waals surface area contributed by atoms with Gasteiger partial charge >= 0.3 is 0 Å². The molecule has 0 bridgehead atoms. The van der Waals surface area contributed by atoms with Crippen LogP contribution in [0.1, 0.15) is 42.5 Å². The van der Waals surface area contributed by atoms with Gasteiger partial charge in [0.15, 0.2) is 0 Å². The Hall–Kier alpha value is -1.48. The maximum absolute atomic E-state index is 13.3. The first kappa shape index (κ1) is 24.6. The number of halogens is 1. The maximum Gasteiger partial charge on any atom is 0.253 e. The van der Waals surface area contributed by atoms with E-state index >= 15 is 0 Å². The van der Waals surface area contributed by atoms with Gasteiger partial charge in [-0.1, -0.05) is 34.8 Å². The molecule has 2 aliphatic heterocycles. The standard InChI is InChI=1S/C25H37BrN4O3/c26-22-8-3-7-21(19-22)25(32)30-13-11-29(12-14-30)23(20-5-1-2-6-20)24(31)27-9-4-10-28-15-17-33-18-16-28/h3,7-8,19-20,23H,1-2,4-6,9-18H2,(H,27,31)/t23-/m0/s1. The lowest BCUT2D eigenvalue weighted by molar-refractivity contribution is -0.129. The predicted molar refractivity (Wildman–Crippen MR) is 132 cm³/mol. The molecule has 1 atom stereocenters. The fourth-order valence-corrected chi connectivity index (χ4v) is 5.80. The molecule has 3 fully saturated rings. The third-order valence-corrected chi connectivity index (χ3v) is 7.73. The number of nitrogens with zero attached hydrogens (tertiary/aromatic N) is 3. The van der Waals surface area contributed by atoms with Crippen LogP contribution in [-0.2, 0) is 9.53 Å². The quantitative estimate of drug-likeness (QED) is 0.533. The first-order valence-corrected chi connectivity index (χ1v) is 13.3. The van der Waals surface area contributed by atoms with Crippen molar-refractivity contribution in [1.29, 1.82) is 0 Å². The van der Waals surface area contributed by atoms with Crippen molar-refractivity contribution in [2.45, 2.75) is 38.1 Å². The van der Waals surface area contributed by atoms with Gasteiger partial charge in [-0.15, -0.1) is 0 Å². The summed E-state index contributed by atoms with van der Waals surface area (Å²) in [5, 5.41) is 3.24. The van der Waals surface area contributed by atoms with Gasteiger partial charge in [-0.2, -0.15) is 0 Å². The van der Waals surface area contributed by atoms with Crippen LogP contribution < -0.4 is 5.32 Å². The molecule has 1 aromatic carbocycles. The van der Waals surface area contributed by atoms with Crippen LogP contribution in [0.2, 0.25) is 0 Å². The second-order valence-corrected chi connectivity index (χ2v) is 10.3. The lowest BCUT2D eigenvalue weighted by atomic mass is 9.95. The van der Waals surface area contributed by atoms with Crippen LogP contribution in [0.15, 0.2) is 28.7 Å². The Labute approximate surface area is 205 Å². The number of carbonyl (C=O) groups is 2. The second-order valence-electron chi connectivity index (χ2n) is 9.43. The van der Waals surface area contributed by atoms with Crippen molar-refractivity contribution < 1.29 is 14.3 Å². The number of carbonyl (C=O) groups excluding carboxylic acids is 2. The lowest BCUT2D eigenvalue weighted by Gasteiger charge is -2.40.